The van der Waals surface area contributed by atoms with Gasteiger partial charge < -0.3 is 164 Å². The summed E-state index contributed by atoms with van der Waals surface area (Å²) >= 11 is 0. The molecule has 0 fully saturated rings. The third-order valence-corrected chi connectivity index (χ3v) is 4.35. The molecule has 4 rings (SSSR count). The molecule has 10 radical (unpaired) electrons. The number of aromatic nitrogens is 4. The minimum atomic E-state index is 0. The van der Waals surface area contributed by atoms with Crippen molar-refractivity contribution in [3.8, 4) is 0 Å². The molecule has 0 unspecified atom stereocenters. The van der Waals surface area contributed by atoms with Crippen molar-refractivity contribution in [3.05, 3.63) is 118 Å². The van der Waals surface area contributed by atoms with Crippen molar-refractivity contribution in [1.82, 2.24) is 0 Å². The van der Waals surface area contributed by atoms with E-state index in [0.717, 1.165) is 0 Å². The number of pyridine rings is 4. The van der Waals surface area contributed by atoms with E-state index in [4.69, 9.17) is 0 Å². The summed E-state index contributed by atoms with van der Waals surface area (Å²) in [6.07, 6.45) is 0. The zero-order valence-electron chi connectivity index (χ0n) is 37.9. The van der Waals surface area contributed by atoms with Gasteiger partial charge in [-0.1, -0.05) is 0 Å². The monoisotopic (exact) mass is 1430 g/mol. The molecule has 4 heterocycles. The number of nitrogens with one attached hydrogen (secondary N) is 4. The number of H-pyrrole nitrogens is 4. The molecule has 0 bridgehead atoms. The summed E-state index contributed by atoms with van der Waals surface area (Å²) in [5, 5.41) is 0. The van der Waals surface area contributed by atoms with Crippen molar-refractivity contribution in [2.45, 2.75) is 55.4 Å². The third-order valence-electron chi connectivity index (χ3n) is 4.35. The Labute approximate surface area is 538 Å². The molecule has 4 aromatic heterocycles. The Morgan fingerprint density at radius 1 is 0.181 bits per heavy atom. The van der Waals surface area contributed by atoms with Gasteiger partial charge in [-0.25, -0.2) is 19.9 Å². The van der Waals surface area contributed by atoms with Crippen molar-refractivity contribution in [3.63, 3.8) is 0 Å². The minimum Gasteiger partial charge on any atom is -2.00 e. The van der Waals surface area contributed by atoms with Gasteiger partial charge in [-0.3, -0.25) is 0 Å². The van der Waals surface area contributed by atoms with Crippen molar-refractivity contribution in [1.29, 1.82) is 0 Å². The van der Waals surface area contributed by atoms with Crippen LogP contribution in [-0.2, 0) is 328 Å². The molecule has 10 N–H and O–H groups in total. The van der Waals surface area contributed by atoms with E-state index in [9.17, 15) is 0 Å². The van der Waals surface area contributed by atoms with E-state index >= 15 is 0 Å². The first-order valence-electron chi connectivity index (χ1n) is 11.0. The normalized spacial score (nSPS) is 4.11. The standard InChI is InChI=1S/4C7H9N.4H2O.26O.10V/c4*1-6-4-3-5-7(2)8-6;;;;;;;;;;;;;;;;;;;;;;;;;;;;;;;;;;;;;;;;/h4*3-5H,1-2H3;4*1H2;;;;;;;;;;;;;;;;;;;;;;;;;;;;;;;;;;;;/q;;;;;;;;26*-2;;;;;;;;;;/p+2. The second-order valence-corrected chi connectivity index (χ2v) is 8.07. The van der Waals surface area contributed by atoms with Crippen LogP contribution in [0.15, 0.2) is 72.8 Å². The molecule has 44 heteroatoms. The molecule has 0 aliphatic carbocycles. The summed E-state index contributed by atoms with van der Waals surface area (Å²) in [4.78, 5) is 12.7. The fourth-order valence-electron chi connectivity index (χ4n) is 2.92. The van der Waals surface area contributed by atoms with Crippen LogP contribution >= 0.6 is 0 Å². The van der Waals surface area contributed by atoms with Gasteiger partial charge in [0.2, 0.25) is 0 Å². The van der Waals surface area contributed by atoms with Gasteiger partial charge in [0.1, 0.15) is 0 Å². The van der Waals surface area contributed by atoms with E-state index in [1.165, 1.54) is 45.6 Å². The Morgan fingerprint density at radius 2 is 0.236 bits per heavy atom. The molecule has 0 atom stereocenters. The maximum atomic E-state index is 3.17. The molecule has 0 saturated carbocycles. The molecule has 0 saturated heterocycles. The first-order chi connectivity index (χ1) is 15.2. The van der Waals surface area contributed by atoms with E-state index in [2.05, 4.69) is 19.9 Å². The molecule has 0 aliphatic rings. The first-order valence-corrected chi connectivity index (χ1v) is 11.0. The third kappa shape index (κ3) is 207. The Morgan fingerprint density at radius 3 is 0.264 bits per heavy atom. The molecule has 4 aromatic rings. The number of aromatic amines is 4. The van der Waals surface area contributed by atoms with Gasteiger partial charge in [0.05, 0.1) is 0 Å². The second-order valence-electron chi connectivity index (χ2n) is 8.07. The fraction of sp³-hybridized carbons (Fsp3) is 0.286. The SMILES string of the molecule is Cc1cccc(C)[nH+]1.Cc1cccc(C)[nH+]1.Cc1cccc(C)[nH+]1.Cc1cccc(C)[nH+]1.O.O.[O-2].[O-2].[O-2].[O-2].[O-2].[O-2].[O-2].[O-2].[O-2].[O-2].[O-2].[O-2].[O-2].[O-2].[O-2].[O-2].[O-2].[O-2].[O-2].[O-2].[O-2].[O-2].[O-2].[O-2].[O-2].[O-2].[OH-].[OH-].[V].[V].[V].[V].[V].[V].[V].[V].[V].[V]. The zero-order valence-corrected chi connectivity index (χ0v) is 51.9. The molecule has 0 aromatic carbocycles. The van der Waals surface area contributed by atoms with Crippen LogP contribution in [0.1, 0.15) is 45.6 Å². The second kappa shape index (κ2) is 216. The Hall–Kier alpha value is 1.24. The summed E-state index contributed by atoms with van der Waals surface area (Å²) in [6.45, 7) is 16.4. The smallest absolute Gasteiger partial charge is 0.176 e. The average Bonchev–Trinajstić information content (AvgIpc) is 2.69. The molecule has 0 aliphatic heterocycles. The molecule has 0 amide bonds. The molecule has 0 spiro atoms. The molecule has 34 nitrogen and oxygen atoms in total. The Kier molecular flexibility index (Phi) is 1040. The maximum Gasteiger partial charge on any atom is 0.176 e. The number of aryl methyl sites for hydroxylation is 8. The fourth-order valence-corrected chi connectivity index (χ4v) is 2.92. The van der Waals surface area contributed by atoms with Gasteiger partial charge in [0, 0.05) is 289 Å². The maximum absolute atomic E-state index is 3.17. The van der Waals surface area contributed by atoms with Gasteiger partial charge in [-0.05, 0) is 24.3 Å². The molecule has 72 heavy (non-hydrogen) atoms. The average molecular weight is 1430 g/mol. The van der Waals surface area contributed by atoms with Crippen molar-refractivity contribution < 1.29 is 370 Å². The number of hydrogen-bond donors (Lipinski definition) is 0. The van der Waals surface area contributed by atoms with Gasteiger partial charge in [0.15, 0.2) is 45.6 Å². The summed E-state index contributed by atoms with van der Waals surface area (Å²) in [5.74, 6) is 0. The Bertz CT molecular complexity index is 935. The van der Waals surface area contributed by atoms with Gasteiger partial charge >= 0.3 is 0 Å². The van der Waals surface area contributed by atoms with E-state index in [-0.39, 0.29) is 350 Å². The summed E-state index contributed by atoms with van der Waals surface area (Å²) < 4.78 is 0. The van der Waals surface area contributed by atoms with Crippen LogP contribution in [0.5, 0.6) is 0 Å². The largest absolute Gasteiger partial charge is 2.00 e. The number of rotatable bonds is 0. The predicted octanol–water partition coefficient (Wildman–Crippen LogP) is -0.647. The van der Waals surface area contributed by atoms with E-state index in [1.807, 2.05) is 128 Å². The van der Waals surface area contributed by atoms with Crippen molar-refractivity contribution in [2.24, 2.45) is 0 Å². The predicted molar refractivity (Wildman–Crippen MR) is 159 cm³/mol. The summed E-state index contributed by atoms with van der Waals surface area (Å²) in [6, 6.07) is 24.6. The van der Waals surface area contributed by atoms with Crippen LogP contribution in [0.25, 0.3) is 0 Å². The van der Waals surface area contributed by atoms with Gasteiger partial charge in [0.25, 0.3) is 0 Å². The Balaban J connectivity index is -0.00000000421. The molecular formula is C28H46N4O30V10-50. The van der Waals surface area contributed by atoms with Crippen LogP contribution in [-0.4, -0.2) is 21.9 Å². The van der Waals surface area contributed by atoms with Crippen LogP contribution in [0.4, 0.5) is 0 Å². The van der Waals surface area contributed by atoms with E-state index in [0.29, 0.717) is 0 Å². The van der Waals surface area contributed by atoms with Crippen molar-refractivity contribution in [2.75, 3.05) is 0 Å². The minimum absolute atomic E-state index is 0. The first kappa shape index (κ1) is 346. The topological polar surface area (TPSA) is 921 Å². The van der Waals surface area contributed by atoms with Gasteiger partial charge in [-0.2, -0.15) is 0 Å². The van der Waals surface area contributed by atoms with Gasteiger partial charge in [-0.15, -0.1) is 0 Å². The van der Waals surface area contributed by atoms with Crippen molar-refractivity contribution >= 4 is 0 Å². The summed E-state index contributed by atoms with van der Waals surface area (Å²) in [5.41, 5.74) is 9.70. The van der Waals surface area contributed by atoms with E-state index < -0.39 is 0 Å². The van der Waals surface area contributed by atoms with Crippen LogP contribution in [0.2, 0.25) is 0 Å². The number of hydrogen-bond acceptors (Lipinski definition) is 2. The zero-order chi connectivity index (χ0) is 23.9. The van der Waals surface area contributed by atoms with Crippen LogP contribution in [0, 0.1) is 55.4 Å². The van der Waals surface area contributed by atoms with Crippen LogP contribution in [0.3, 0.4) is 0 Å². The quantitative estimate of drug-likeness (QED) is 0.222. The van der Waals surface area contributed by atoms with Crippen LogP contribution < -0.4 is 19.9 Å². The molecule has 458 valence electrons. The van der Waals surface area contributed by atoms with E-state index in [1.54, 1.807) is 0 Å². The summed E-state index contributed by atoms with van der Waals surface area (Å²) in [7, 11) is 0. The molecular weight excluding hydrogens is 1380 g/mol.